The van der Waals surface area contributed by atoms with Crippen LogP contribution in [-0.4, -0.2) is 15.6 Å². The van der Waals surface area contributed by atoms with Gasteiger partial charge in [-0.3, -0.25) is 4.79 Å². The van der Waals surface area contributed by atoms with Crippen molar-refractivity contribution in [1.29, 1.82) is 0 Å². The molecule has 1 heterocycles. The molecule has 1 rings (SSSR count). The average molecular weight is 307 g/mol. The molecule has 0 saturated heterocycles. The van der Waals surface area contributed by atoms with E-state index >= 15 is 0 Å². The first-order chi connectivity index (χ1) is 10.5. The van der Waals surface area contributed by atoms with Crippen molar-refractivity contribution in [1.82, 2.24) is 4.57 Å². The minimum absolute atomic E-state index is 0.136. The predicted molar refractivity (Wildman–Crippen MR) is 89.6 cm³/mol. The van der Waals surface area contributed by atoms with E-state index < -0.39 is 5.97 Å². The molecule has 124 valence electrons. The van der Waals surface area contributed by atoms with E-state index in [-0.39, 0.29) is 11.1 Å². The number of hydrogen-bond acceptors (Lipinski definition) is 2. The Morgan fingerprint density at radius 1 is 1.18 bits per heavy atom. The van der Waals surface area contributed by atoms with E-state index in [9.17, 15) is 9.59 Å². The van der Waals surface area contributed by atoms with Crippen LogP contribution in [0.2, 0.25) is 0 Å². The number of aromatic carboxylic acids is 1. The molecular formula is C18H29NO3. The molecule has 0 aliphatic heterocycles. The van der Waals surface area contributed by atoms with Gasteiger partial charge in [0.25, 0.3) is 5.56 Å². The van der Waals surface area contributed by atoms with E-state index in [0.717, 1.165) is 18.5 Å². The quantitative estimate of drug-likeness (QED) is 0.658. The second kappa shape index (κ2) is 9.44. The maximum absolute atomic E-state index is 12.3. The highest BCUT2D eigenvalue weighted by Crippen LogP contribution is 2.17. The monoisotopic (exact) mass is 307 g/mol. The number of carbonyl (C=O) groups is 1. The van der Waals surface area contributed by atoms with Crippen molar-refractivity contribution in [2.75, 3.05) is 0 Å². The first-order valence-corrected chi connectivity index (χ1v) is 8.44. The molecule has 4 nitrogen and oxygen atoms in total. The Morgan fingerprint density at radius 3 is 2.45 bits per heavy atom. The van der Waals surface area contributed by atoms with Crippen molar-refractivity contribution in [3.05, 3.63) is 33.7 Å². The number of carboxylic acids is 1. The van der Waals surface area contributed by atoms with Gasteiger partial charge in [-0.1, -0.05) is 52.4 Å². The minimum Gasteiger partial charge on any atom is -0.477 e. The molecule has 0 spiro atoms. The number of aryl methyl sites for hydroxylation is 1. The van der Waals surface area contributed by atoms with E-state index in [0.29, 0.717) is 12.5 Å². The number of aromatic nitrogens is 1. The van der Waals surface area contributed by atoms with E-state index in [1.54, 1.807) is 10.6 Å². The molecule has 1 N–H and O–H groups in total. The van der Waals surface area contributed by atoms with Gasteiger partial charge in [0.15, 0.2) is 0 Å². The summed E-state index contributed by atoms with van der Waals surface area (Å²) in [5, 5.41) is 9.08. The van der Waals surface area contributed by atoms with Crippen molar-refractivity contribution >= 4 is 5.97 Å². The second-order valence-electron chi connectivity index (χ2n) is 6.09. The number of pyridine rings is 1. The lowest BCUT2D eigenvalue weighted by atomic mass is 9.97. The summed E-state index contributed by atoms with van der Waals surface area (Å²) >= 11 is 0. The highest BCUT2D eigenvalue weighted by molar-refractivity contribution is 5.87. The summed E-state index contributed by atoms with van der Waals surface area (Å²) in [6.07, 6.45) is 8.35. The molecule has 0 aliphatic rings. The molecule has 1 atom stereocenters. The topological polar surface area (TPSA) is 59.3 Å². The molecule has 4 heteroatoms. The molecule has 0 saturated carbocycles. The molecule has 1 aromatic heterocycles. The molecule has 0 fully saturated rings. The molecule has 1 unspecified atom stereocenters. The zero-order valence-electron chi connectivity index (χ0n) is 14.1. The van der Waals surface area contributed by atoms with Crippen LogP contribution >= 0.6 is 0 Å². The molecule has 0 amide bonds. The summed E-state index contributed by atoms with van der Waals surface area (Å²) in [6.45, 7) is 6.83. The standard InChI is InChI=1S/C18H29NO3/c1-4-6-7-8-9-10-15(5-2)13-19-14(3)11-12-16(17(19)20)18(21)22/h11-12,15H,4-10,13H2,1-3H3,(H,21,22). The zero-order chi connectivity index (χ0) is 16.5. The van der Waals surface area contributed by atoms with Gasteiger partial charge in [0.2, 0.25) is 0 Å². The van der Waals surface area contributed by atoms with Gasteiger partial charge in [-0.2, -0.15) is 0 Å². The summed E-state index contributed by atoms with van der Waals surface area (Å²) in [7, 11) is 0. The lowest BCUT2D eigenvalue weighted by molar-refractivity contribution is 0.0694. The lowest BCUT2D eigenvalue weighted by Crippen LogP contribution is -2.30. The molecule has 0 radical (unpaired) electrons. The van der Waals surface area contributed by atoms with Crippen LogP contribution in [0.5, 0.6) is 0 Å². The summed E-state index contributed by atoms with van der Waals surface area (Å²) in [4.78, 5) is 23.4. The number of hydrogen-bond donors (Lipinski definition) is 1. The number of nitrogens with zero attached hydrogens (tertiary/aromatic N) is 1. The van der Waals surface area contributed by atoms with Gasteiger partial charge in [0, 0.05) is 12.2 Å². The van der Waals surface area contributed by atoms with E-state index in [2.05, 4.69) is 13.8 Å². The Morgan fingerprint density at radius 2 is 1.86 bits per heavy atom. The van der Waals surface area contributed by atoms with Gasteiger partial charge in [0.05, 0.1) is 0 Å². The van der Waals surface area contributed by atoms with E-state index in [4.69, 9.17) is 5.11 Å². The Hall–Kier alpha value is -1.58. The second-order valence-corrected chi connectivity index (χ2v) is 6.09. The van der Waals surface area contributed by atoms with Gasteiger partial charge >= 0.3 is 5.97 Å². The molecule has 0 aromatic carbocycles. The third-order valence-electron chi connectivity index (χ3n) is 4.36. The third-order valence-corrected chi connectivity index (χ3v) is 4.36. The molecule has 1 aromatic rings. The Kier molecular flexibility index (Phi) is 7.92. The Balaban J connectivity index is 2.72. The van der Waals surface area contributed by atoms with Crippen LogP contribution in [0, 0.1) is 12.8 Å². The highest BCUT2D eigenvalue weighted by atomic mass is 16.4. The molecule has 0 bridgehead atoms. The van der Waals surface area contributed by atoms with Gasteiger partial charge < -0.3 is 9.67 Å². The Labute approximate surface area is 133 Å². The maximum atomic E-state index is 12.3. The van der Waals surface area contributed by atoms with E-state index in [1.165, 1.54) is 38.2 Å². The smallest absolute Gasteiger partial charge is 0.341 e. The number of rotatable bonds is 10. The van der Waals surface area contributed by atoms with Crippen LogP contribution in [0.3, 0.4) is 0 Å². The number of unbranched alkanes of at least 4 members (excludes halogenated alkanes) is 4. The van der Waals surface area contributed by atoms with Crippen LogP contribution in [0.25, 0.3) is 0 Å². The fourth-order valence-corrected chi connectivity index (χ4v) is 2.78. The van der Waals surface area contributed by atoms with Crippen molar-refractivity contribution in [2.45, 2.75) is 72.3 Å². The first kappa shape index (κ1) is 18.5. The average Bonchev–Trinajstić information content (AvgIpc) is 2.48. The van der Waals surface area contributed by atoms with Crippen LogP contribution in [-0.2, 0) is 6.54 Å². The van der Waals surface area contributed by atoms with Crippen LogP contribution in [0.15, 0.2) is 16.9 Å². The van der Waals surface area contributed by atoms with Crippen molar-refractivity contribution in [3.63, 3.8) is 0 Å². The van der Waals surface area contributed by atoms with Gasteiger partial charge in [-0.15, -0.1) is 0 Å². The van der Waals surface area contributed by atoms with Crippen molar-refractivity contribution in [2.24, 2.45) is 5.92 Å². The SMILES string of the molecule is CCCCCCCC(CC)Cn1c(C)ccc(C(=O)O)c1=O. The number of carboxylic acid groups (broad SMARTS) is 1. The lowest BCUT2D eigenvalue weighted by Gasteiger charge is -2.18. The van der Waals surface area contributed by atoms with Crippen molar-refractivity contribution < 1.29 is 9.90 Å². The van der Waals surface area contributed by atoms with E-state index in [1.807, 2.05) is 6.92 Å². The summed E-state index contributed by atoms with van der Waals surface area (Å²) in [5.74, 6) is -0.714. The largest absolute Gasteiger partial charge is 0.477 e. The van der Waals surface area contributed by atoms with Gasteiger partial charge in [0.1, 0.15) is 5.56 Å². The predicted octanol–water partition coefficient (Wildman–Crippen LogP) is 4.24. The Bertz CT molecular complexity index is 534. The normalized spacial score (nSPS) is 12.3. The van der Waals surface area contributed by atoms with Gasteiger partial charge in [-0.25, -0.2) is 4.79 Å². The van der Waals surface area contributed by atoms with Crippen LogP contribution in [0.4, 0.5) is 0 Å². The van der Waals surface area contributed by atoms with Crippen LogP contribution in [0.1, 0.15) is 74.8 Å². The first-order valence-electron chi connectivity index (χ1n) is 8.44. The summed E-state index contributed by atoms with van der Waals surface area (Å²) < 4.78 is 1.63. The third kappa shape index (κ3) is 5.32. The highest BCUT2D eigenvalue weighted by Gasteiger charge is 2.15. The molecule has 0 aliphatic carbocycles. The minimum atomic E-state index is -1.15. The zero-order valence-corrected chi connectivity index (χ0v) is 14.1. The fourth-order valence-electron chi connectivity index (χ4n) is 2.78. The summed E-state index contributed by atoms with van der Waals surface area (Å²) in [5.41, 5.74) is 0.319. The van der Waals surface area contributed by atoms with Crippen LogP contribution < -0.4 is 5.56 Å². The fraction of sp³-hybridized carbons (Fsp3) is 0.667. The summed E-state index contributed by atoms with van der Waals surface area (Å²) in [6, 6.07) is 3.13. The maximum Gasteiger partial charge on any atom is 0.341 e. The van der Waals surface area contributed by atoms with Crippen molar-refractivity contribution in [3.8, 4) is 0 Å². The molecular weight excluding hydrogens is 278 g/mol. The molecule has 22 heavy (non-hydrogen) atoms. The van der Waals surface area contributed by atoms with Gasteiger partial charge in [-0.05, 0) is 31.4 Å².